The SMILES string of the molecule is CC1(C)OCc2cc([C@@H](O)CNCCCCCCOCCOCc3cccc(SC4CCCC4)c3)ccc2O1. The minimum absolute atomic E-state index is 0.501. The first-order valence-corrected chi connectivity index (χ1v) is 15.6. The Morgan fingerprint density at radius 1 is 1.00 bits per heavy atom. The van der Waals surface area contributed by atoms with Gasteiger partial charge in [-0.05, 0) is 67.6 Å². The first kappa shape index (κ1) is 30.4. The van der Waals surface area contributed by atoms with E-state index in [9.17, 15) is 5.11 Å². The van der Waals surface area contributed by atoms with Gasteiger partial charge in [-0.15, -0.1) is 11.8 Å². The maximum absolute atomic E-state index is 10.5. The van der Waals surface area contributed by atoms with Crippen LogP contribution in [-0.4, -0.2) is 49.1 Å². The fraction of sp³-hybridized carbons (Fsp3) is 0.625. The fourth-order valence-electron chi connectivity index (χ4n) is 5.05. The molecule has 7 heteroatoms. The van der Waals surface area contributed by atoms with Crippen molar-refractivity contribution >= 4 is 11.8 Å². The second kappa shape index (κ2) is 16.0. The van der Waals surface area contributed by atoms with Gasteiger partial charge in [-0.3, -0.25) is 0 Å². The van der Waals surface area contributed by atoms with Crippen LogP contribution in [0.2, 0.25) is 0 Å². The van der Waals surface area contributed by atoms with Gasteiger partial charge in [-0.25, -0.2) is 0 Å². The lowest BCUT2D eigenvalue weighted by molar-refractivity contribution is -0.180. The molecule has 0 bridgehead atoms. The summed E-state index contributed by atoms with van der Waals surface area (Å²) < 4.78 is 23.1. The Morgan fingerprint density at radius 2 is 1.82 bits per heavy atom. The van der Waals surface area contributed by atoms with Crippen molar-refractivity contribution in [1.29, 1.82) is 0 Å². The summed E-state index contributed by atoms with van der Waals surface area (Å²) >= 11 is 2.03. The molecule has 0 spiro atoms. The average Bonchev–Trinajstić information content (AvgIpc) is 3.43. The molecule has 2 aromatic carbocycles. The number of fused-ring (bicyclic) bond motifs is 1. The molecule has 2 aliphatic rings. The highest BCUT2D eigenvalue weighted by Gasteiger charge is 2.27. The maximum atomic E-state index is 10.5. The molecule has 1 saturated carbocycles. The van der Waals surface area contributed by atoms with Crippen molar-refractivity contribution < 1.29 is 24.1 Å². The number of nitrogens with one attached hydrogen (secondary N) is 1. The fourth-order valence-corrected chi connectivity index (χ4v) is 6.38. The molecule has 39 heavy (non-hydrogen) atoms. The second-order valence-corrected chi connectivity index (χ2v) is 12.5. The summed E-state index contributed by atoms with van der Waals surface area (Å²) in [6.45, 7) is 8.47. The van der Waals surface area contributed by atoms with Gasteiger partial charge in [0.05, 0.1) is 32.5 Å². The van der Waals surface area contributed by atoms with Crippen LogP contribution in [0.3, 0.4) is 0 Å². The van der Waals surface area contributed by atoms with Crippen molar-refractivity contribution in [3.63, 3.8) is 0 Å². The van der Waals surface area contributed by atoms with E-state index >= 15 is 0 Å². The molecule has 1 heterocycles. The van der Waals surface area contributed by atoms with Crippen LogP contribution in [0.15, 0.2) is 47.4 Å². The Balaban J connectivity index is 0.957. The summed E-state index contributed by atoms with van der Waals surface area (Å²) in [6, 6.07) is 14.6. The minimum atomic E-state index is -0.601. The number of unbranched alkanes of at least 4 members (excludes halogenated alkanes) is 3. The van der Waals surface area contributed by atoms with Gasteiger partial charge in [0.2, 0.25) is 5.79 Å². The first-order chi connectivity index (χ1) is 19.0. The van der Waals surface area contributed by atoms with Gasteiger partial charge in [0.1, 0.15) is 5.75 Å². The monoisotopic (exact) mass is 557 g/mol. The van der Waals surface area contributed by atoms with Crippen molar-refractivity contribution in [2.24, 2.45) is 0 Å². The number of ether oxygens (including phenoxy) is 4. The summed E-state index contributed by atoms with van der Waals surface area (Å²) in [6.07, 6.45) is 9.39. The number of hydrogen-bond donors (Lipinski definition) is 2. The molecule has 2 aromatic rings. The average molecular weight is 558 g/mol. The first-order valence-electron chi connectivity index (χ1n) is 14.7. The zero-order chi connectivity index (χ0) is 27.3. The van der Waals surface area contributed by atoms with E-state index in [1.165, 1.54) is 36.1 Å². The Bertz CT molecular complexity index is 994. The van der Waals surface area contributed by atoms with Gasteiger partial charge in [-0.2, -0.15) is 0 Å². The van der Waals surface area contributed by atoms with E-state index in [4.69, 9.17) is 18.9 Å². The number of rotatable bonds is 17. The predicted molar refractivity (Wildman–Crippen MR) is 157 cm³/mol. The van der Waals surface area contributed by atoms with Gasteiger partial charge < -0.3 is 29.4 Å². The number of hydrogen-bond acceptors (Lipinski definition) is 7. The van der Waals surface area contributed by atoms with E-state index in [1.807, 2.05) is 43.8 Å². The van der Waals surface area contributed by atoms with Crippen molar-refractivity contribution in [2.75, 3.05) is 32.9 Å². The molecule has 216 valence electrons. The summed E-state index contributed by atoms with van der Waals surface area (Å²) in [5, 5.41) is 14.7. The Hall–Kier alpha value is -1.61. The molecule has 1 fully saturated rings. The van der Waals surface area contributed by atoms with Crippen LogP contribution in [0.25, 0.3) is 0 Å². The van der Waals surface area contributed by atoms with Gasteiger partial charge in [0.25, 0.3) is 0 Å². The van der Waals surface area contributed by atoms with Crippen LogP contribution in [0, 0.1) is 0 Å². The zero-order valence-corrected chi connectivity index (χ0v) is 24.6. The molecule has 0 amide bonds. The van der Waals surface area contributed by atoms with E-state index in [-0.39, 0.29) is 0 Å². The largest absolute Gasteiger partial charge is 0.463 e. The highest BCUT2D eigenvalue weighted by atomic mass is 32.2. The third-order valence-corrected chi connectivity index (χ3v) is 8.61. The van der Waals surface area contributed by atoms with Crippen molar-refractivity contribution in [1.82, 2.24) is 5.32 Å². The van der Waals surface area contributed by atoms with E-state index in [0.29, 0.717) is 33.0 Å². The van der Waals surface area contributed by atoms with E-state index < -0.39 is 11.9 Å². The Labute approximate surface area is 239 Å². The topological polar surface area (TPSA) is 69.2 Å². The summed E-state index contributed by atoms with van der Waals surface area (Å²) in [5.74, 6) is 0.233. The maximum Gasteiger partial charge on any atom is 0.205 e. The molecule has 2 N–H and O–H groups in total. The molecule has 4 rings (SSSR count). The summed E-state index contributed by atoms with van der Waals surface area (Å²) in [5.41, 5.74) is 3.12. The summed E-state index contributed by atoms with van der Waals surface area (Å²) in [7, 11) is 0. The number of aliphatic hydroxyl groups excluding tert-OH is 1. The second-order valence-electron chi connectivity index (χ2n) is 11.1. The van der Waals surface area contributed by atoms with Crippen LogP contribution < -0.4 is 10.1 Å². The van der Waals surface area contributed by atoms with Crippen LogP contribution in [0.1, 0.15) is 88.0 Å². The molecule has 1 atom stereocenters. The normalized spacial score (nSPS) is 17.6. The smallest absolute Gasteiger partial charge is 0.205 e. The molecule has 0 radical (unpaired) electrons. The molecular weight excluding hydrogens is 510 g/mol. The lowest BCUT2D eigenvalue weighted by Crippen LogP contribution is -2.35. The minimum Gasteiger partial charge on any atom is -0.463 e. The lowest BCUT2D eigenvalue weighted by Gasteiger charge is -2.33. The van der Waals surface area contributed by atoms with Gasteiger partial charge in [-0.1, -0.05) is 43.9 Å². The molecule has 0 unspecified atom stereocenters. The van der Waals surface area contributed by atoms with E-state index in [2.05, 4.69) is 29.6 Å². The Kier molecular flexibility index (Phi) is 12.4. The Morgan fingerprint density at radius 3 is 2.69 bits per heavy atom. The molecule has 1 aliphatic carbocycles. The van der Waals surface area contributed by atoms with Crippen LogP contribution in [0.5, 0.6) is 5.75 Å². The van der Waals surface area contributed by atoms with Gasteiger partial charge >= 0.3 is 0 Å². The number of thioether (sulfide) groups is 1. The highest BCUT2D eigenvalue weighted by Crippen LogP contribution is 2.35. The van der Waals surface area contributed by atoms with E-state index in [1.54, 1.807) is 0 Å². The number of aliphatic hydroxyl groups is 1. The zero-order valence-electron chi connectivity index (χ0n) is 23.8. The highest BCUT2D eigenvalue weighted by molar-refractivity contribution is 8.00. The molecule has 0 aromatic heterocycles. The van der Waals surface area contributed by atoms with Crippen LogP contribution in [0.4, 0.5) is 0 Å². The van der Waals surface area contributed by atoms with Gasteiger partial charge in [0, 0.05) is 42.7 Å². The van der Waals surface area contributed by atoms with Gasteiger partial charge in [0.15, 0.2) is 0 Å². The third kappa shape index (κ3) is 10.7. The van der Waals surface area contributed by atoms with E-state index in [0.717, 1.165) is 61.0 Å². The molecule has 1 aliphatic heterocycles. The molecule has 6 nitrogen and oxygen atoms in total. The third-order valence-electron chi connectivity index (χ3n) is 7.27. The summed E-state index contributed by atoms with van der Waals surface area (Å²) in [4.78, 5) is 1.37. The van der Waals surface area contributed by atoms with Crippen molar-refractivity contribution in [2.45, 2.75) is 100 Å². The molecule has 0 saturated heterocycles. The predicted octanol–water partition coefficient (Wildman–Crippen LogP) is 6.78. The lowest BCUT2D eigenvalue weighted by atomic mass is 10.0. The van der Waals surface area contributed by atoms with Crippen LogP contribution >= 0.6 is 11.8 Å². The molecular formula is C32H47NO5S. The van der Waals surface area contributed by atoms with Crippen molar-refractivity contribution in [3.8, 4) is 5.75 Å². The van der Waals surface area contributed by atoms with Crippen LogP contribution in [-0.2, 0) is 27.4 Å². The van der Waals surface area contributed by atoms with Crippen molar-refractivity contribution in [3.05, 3.63) is 59.2 Å². The number of benzene rings is 2. The standard InChI is InChI=1S/C32H47NO5S/c1-32(2)37-24-27-21-26(14-15-31(27)38-32)30(34)22-33-16-7-3-4-8-17-35-18-19-36-23-25-10-9-13-29(20-25)39-28-11-5-6-12-28/h9-10,13-15,20-21,28,30,33-34H,3-8,11-12,16-19,22-24H2,1-2H3/t30-/m0/s1. The quantitative estimate of drug-likeness (QED) is 0.208.